The number of esters is 1. The summed E-state index contributed by atoms with van der Waals surface area (Å²) < 4.78 is 35.9. The van der Waals surface area contributed by atoms with Crippen LogP contribution in [-0.2, 0) is 30.8 Å². The second-order valence-electron chi connectivity index (χ2n) is 7.03. The van der Waals surface area contributed by atoms with E-state index in [-0.39, 0.29) is 23.8 Å². The van der Waals surface area contributed by atoms with Gasteiger partial charge in [0.05, 0.1) is 24.2 Å². The highest BCUT2D eigenvalue weighted by molar-refractivity contribution is 7.89. The molecule has 8 nitrogen and oxygen atoms in total. The number of nitrogens with zero attached hydrogens (tertiary/aromatic N) is 2. The van der Waals surface area contributed by atoms with Crippen LogP contribution in [0.15, 0.2) is 53.4 Å². The predicted octanol–water partition coefficient (Wildman–Crippen LogP) is 1.84. The third-order valence-electron chi connectivity index (χ3n) is 4.87. The molecule has 1 aliphatic heterocycles. The lowest BCUT2D eigenvalue weighted by Crippen LogP contribution is -2.47. The zero-order chi connectivity index (χ0) is 21.9. The Balaban J connectivity index is 1.72. The van der Waals surface area contributed by atoms with E-state index in [1.807, 2.05) is 0 Å². The van der Waals surface area contributed by atoms with Crippen LogP contribution in [0.3, 0.4) is 0 Å². The number of carbonyl (C=O) groups excluding carboxylic acids is 2. The summed E-state index contributed by atoms with van der Waals surface area (Å²) in [6.07, 6.45) is -0.254. The van der Waals surface area contributed by atoms with Gasteiger partial charge in [0.25, 0.3) is 0 Å². The first kappa shape index (κ1) is 21.8. The molecule has 2 aromatic carbocycles. The van der Waals surface area contributed by atoms with E-state index < -0.39 is 22.1 Å². The fourth-order valence-corrected chi connectivity index (χ4v) is 4.05. The molecule has 0 N–H and O–H groups in total. The van der Waals surface area contributed by atoms with Crippen LogP contribution in [0.2, 0.25) is 0 Å². The molecular formula is C21H24N2O6S. The molecule has 160 valence electrons. The lowest BCUT2D eigenvalue weighted by molar-refractivity contribution is -0.148. The molecule has 9 heteroatoms. The van der Waals surface area contributed by atoms with Gasteiger partial charge >= 0.3 is 5.97 Å². The van der Waals surface area contributed by atoms with Crippen molar-refractivity contribution in [1.29, 1.82) is 0 Å². The van der Waals surface area contributed by atoms with Gasteiger partial charge in [-0.1, -0.05) is 24.3 Å². The van der Waals surface area contributed by atoms with Gasteiger partial charge in [-0.05, 0) is 36.2 Å². The standard InChI is InChI=1S/C21H24N2O6S/c1-22(2)30(26,27)16-11-8-15(9-12-16)10-13-20(24)23-14-19(21(25)28-3)29-18-7-5-4-6-17(18)23/h4-9,11-12,19H,10,13-14H2,1-3H3/t19-/m1/s1. The summed E-state index contributed by atoms with van der Waals surface area (Å²) in [4.78, 5) is 26.6. The lowest BCUT2D eigenvalue weighted by atomic mass is 10.1. The molecule has 0 aromatic heterocycles. The Kier molecular flexibility index (Phi) is 6.42. The molecule has 3 rings (SSSR count). The van der Waals surface area contributed by atoms with Gasteiger partial charge in [-0.25, -0.2) is 17.5 Å². The second-order valence-corrected chi connectivity index (χ2v) is 9.18. The Morgan fingerprint density at radius 3 is 2.43 bits per heavy atom. The van der Waals surface area contributed by atoms with Crippen LogP contribution in [0.5, 0.6) is 5.75 Å². The van der Waals surface area contributed by atoms with E-state index in [2.05, 4.69) is 0 Å². The molecule has 1 aliphatic rings. The molecule has 0 aliphatic carbocycles. The van der Waals surface area contributed by atoms with Crippen LogP contribution in [0.4, 0.5) is 5.69 Å². The number of hydrogen-bond donors (Lipinski definition) is 0. The molecule has 0 saturated heterocycles. The van der Waals surface area contributed by atoms with Crippen molar-refractivity contribution >= 4 is 27.6 Å². The maximum Gasteiger partial charge on any atom is 0.348 e. The van der Waals surface area contributed by atoms with Crippen LogP contribution in [0.25, 0.3) is 0 Å². The Labute approximate surface area is 176 Å². The quantitative estimate of drug-likeness (QED) is 0.647. The average molecular weight is 432 g/mol. The van der Waals surface area contributed by atoms with Crippen molar-refractivity contribution in [3.63, 3.8) is 0 Å². The van der Waals surface area contributed by atoms with Gasteiger partial charge in [0, 0.05) is 20.5 Å². The van der Waals surface area contributed by atoms with Gasteiger partial charge in [-0.15, -0.1) is 0 Å². The number of methoxy groups -OCH3 is 1. The maximum atomic E-state index is 12.9. The normalized spacial score (nSPS) is 16.0. The molecular weight excluding hydrogens is 408 g/mol. The van der Waals surface area contributed by atoms with Crippen LogP contribution < -0.4 is 9.64 Å². The highest BCUT2D eigenvalue weighted by Crippen LogP contribution is 2.34. The number of para-hydroxylation sites is 2. The largest absolute Gasteiger partial charge is 0.475 e. The molecule has 1 amide bonds. The minimum atomic E-state index is -3.49. The second kappa shape index (κ2) is 8.85. The number of sulfonamides is 1. The number of rotatable bonds is 6. The van der Waals surface area contributed by atoms with Gasteiger partial charge in [-0.3, -0.25) is 4.79 Å². The highest BCUT2D eigenvalue weighted by atomic mass is 32.2. The van der Waals surface area contributed by atoms with E-state index in [1.54, 1.807) is 36.4 Å². The van der Waals surface area contributed by atoms with Crippen LogP contribution in [0, 0.1) is 0 Å². The number of aryl methyl sites for hydroxylation is 1. The van der Waals surface area contributed by atoms with Crippen LogP contribution >= 0.6 is 0 Å². The Bertz CT molecular complexity index is 1030. The number of anilines is 1. The SMILES string of the molecule is COC(=O)[C@H]1CN(C(=O)CCc2ccc(S(=O)(=O)N(C)C)cc2)c2ccccc2O1. The topological polar surface area (TPSA) is 93.2 Å². The predicted molar refractivity (Wildman–Crippen MR) is 111 cm³/mol. The molecule has 1 heterocycles. The van der Waals surface area contributed by atoms with Crippen molar-refractivity contribution in [3.05, 3.63) is 54.1 Å². The van der Waals surface area contributed by atoms with E-state index >= 15 is 0 Å². The van der Waals surface area contributed by atoms with Gasteiger partial charge in [0.2, 0.25) is 22.0 Å². The minimum Gasteiger partial charge on any atom is -0.475 e. The van der Waals surface area contributed by atoms with Crippen molar-refractivity contribution in [3.8, 4) is 5.75 Å². The minimum absolute atomic E-state index is 0.0720. The molecule has 0 saturated carbocycles. The van der Waals surface area contributed by atoms with Crippen LogP contribution in [0.1, 0.15) is 12.0 Å². The first-order valence-electron chi connectivity index (χ1n) is 9.39. The van der Waals surface area contributed by atoms with Gasteiger partial charge in [0.15, 0.2) is 0 Å². The zero-order valence-corrected chi connectivity index (χ0v) is 17.9. The van der Waals surface area contributed by atoms with Crippen LogP contribution in [-0.4, -0.2) is 58.5 Å². The van der Waals surface area contributed by atoms with E-state index in [4.69, 9.17) is 9.47 Å². The lowest BCUT2D eigenvalue weighted by Gasteiger charge is -2.33. The summed E-state index contributed by atoms with van der Waals surface area (Å²) in [6, 6.07) is 13.5. The van der Waals surface area contributed by atoms with E-state index in [1.165, 1.54) is 38.2 Å². The van der Waals surface area contributed by atoms with E-state index in [0.29, 0.717) is 17.9 Å². The fraction of sp³-hybridized carbons (Fsp3) is 0.333. The summed E-state index contributed by atoms with van der Waals surface area (Å²) in [5.41, 5.74) is 1.45. The monoisotopic (exact) mass is 432 g/mol. The summed E-state index contributed by atoms with van der Waals surface area (Å²) in [6.45, 7) is 0.0720. The first-order chi connectivity index (χ1) is 14.2. The van der Waals surface area contributed by atoms with Crippen molar-refractivity contribution in [2.75, 3.05) is 32.6 Å². The number of carbonyl (C=O) groups is 2. The smallest absolute Gasteiger partial charge is 0.348 e. The van der Waals surface area contributed by atoms with Crippen molar-refractivity contribution in [2.24, 2.45) is 0 Å². The summed E-state index contributed by atoms with van der Waals surface area (Å²) in [5, 5.41) is 0. The van der Waals surface area contributed by atoms with Gasteiger partial charge in [0.1, 0.15) is 5.75 Å². The summed E-state index contributed by atoms with van der Waals surface area (Å²) in [7, 11) is 0.736. The fourth-order valence-electron chi connectivity index (χ4n) is 3.15. The number of hydrogen-bond acceptors (Lipinski definition) is 6. The van der Waals surface area contributed by atoms with Crippen molar-refractivity contribution in [2.45, 2.75) is 23.8 Å². The summed E-state index contributed by atoms with van der Waals surface area (Å²) >= 11 is 0. The van der Waals surface area contributed by atoms with Gasteiger partial charge in [-0.2, -0.15) is 0 Å². The number of fused-ring (bicyclic) bond motifs is 1. The Hall–Kier alpha value is -2.91. The van der Waals surface area contributed by atoms with E-state index in [0.717, 1.165) is 9.87 Å². The Morgan fingerprint density at radius 1 is 1.13 bits per heavy atom. The summed E-state index contributed by atoms with van der Waals surface area (Å²) in [5.74, 6) is -0.254. The average Bonchev–Trinajstić information content (AvgIpc) is 2.76. The maximum absolute atomic E-state index is 12.9. The molecule has 30 heavy (non-hydrogen) atoms. The van der Waals surface area contributed by atoms with E-state index in [9.17, 15) is 18.0 Å². The molecule has 1 atom stereocenters. The molecule has 0 radical (unpaired) electrons. The number of ether oxygens (including phenoxy) is 2. The van der Waals surface area contributed by atoms with Crippen molar-refractivity contribution in [1.82, 2.24) is 4.31 Å². The molecule has 2 aromatic rings. The third kappa shape index (κ3) is 4.47. The van der Waals surface area contributed by atoms with Gasteiger partial charge < -0.3 is 14.4 Å². The molecule has 0 unspecified atom stereocenters. The highest BCUT2D eigenvalue weighted by Gasteiger charge is 2.34. The number of benzene rings is 2. The third-order valence-corrected chi connectivity index (χ3v) is 6.70. The molecule has 0 fully saturated rings. The molecule has 0 spiro atoms. The first-order valence-corrected chi connectivity index (χ1v) is 10.8. The zero-order valence-electron chi connectivity index (χ0n) is 17.1. The van der Waals surface area contributed by atoms with Crippen molar-refractivity contribution < 1.29 is 27.5 Å². The number of amides is 1. The Morgan fingerprint density at radius 2 is 1.80 bits per heavy atom. The molecule has 0 bridgehead atoms.